The maximum absolute atomic E-state index is 11.7. The molecule has 0 saturated heterocycles. The quantitative estimate of drug-likeness (QED) is 0.365. The number of carbonyl (C=O) groups is 2. The highest BCUT2D eigenvalue weighted by Crippen LogP contribution is 2.45. The minimum absolute atomic E-state index is 0.238. The Kier molecular flexibility index (Phi) is 8.80. The Morgan fingerprint density at radius 2 is 1.38 bits per heavy atom. The fourth-order valence-electron chi connectivity index (χ4n) is 1.06. The number of carbonyl (C=O) groups excluding carboxylic acids is 2. The minimum Gasteiger partial charge on any atom is -0.460 e. The van der Waals surface area contributed by atoms with E-state index in [9.17, 15) is 19.0 Å². The highest BCUT2D eigenvalue weighted by Gasteiger charge is 2.28. The highest BCUT2D eigenvalue weighted by atomic mass is 31.2. The van der Waals surface area contributed by atoms with Crippen molar-refractivity contribution in [2.45, 2.75) is 26.1 Å². The summed E-state index contributed by atoms with van der Waals surface area (Å²) in [6.45, 7) is 8.77. The predicted molar refractivity (Wildman–Crippen MR) is 73.2 cm³/mol. The molecule has 0 saturated carbocycles. The third-order valence-corrected chi connectivity index (χ3v) is 3.13. The standard InChI is InChI=1S/C12H19O8P/c1-5-11(13)17-7-9(3)19-21(15,16)20-10(4)8-18-12(14)6-2/h5-6,9-10H,1-2,7-8H2,3-4H3,(H,15,16). The average molecular weight is 322 g/mol. The monoisotopic (exact) mass is 322 g/mol. The number of hydrogen-bond donors (Lipinski definition) is 1. The SMILES string of the molecule is C=CC(=O)OCC(C)OP(=O)(O)OC(C)COC(=O)C=C. The van der Waals surface area contributed by atoms with Crippen molar-refractivity contribution in [1.29, 1.82) is 0 Å². The predicted octanol–water partition coefficient (Wildman–Crippen LogP) is 1.36. The molecule has 0 aromatic heterocycles. The van der Waals surface area contributed by atoms with Crippen molar-refractivity contribution in [3.8, 4) is 0 Å². The molecular formula is C12H19O8P. The normalized spacial score (nSPS) is 16.1. The lowest BCUT2D eigenvalue weighted by Crippen LogP contribution is -2.21. The molecule has 0 aromatic rings. The number of rotatable bonds is 10. The Bertz CT molecular complexity index is 397. The lowest BCUT2D eigenvalue weighted by molar-refractivity contribution is -0.140. The molecule has 2 unspecified atom stereocenters. The summed E-state index contributed by atoms with van der Waals surface area (Å²) in [4.78, 5) is 31.1. The van der Waals surface area contributed by atoms with Crippen LogP contribution in [-0.2, 0) is 32.7 Å². The van der Waals surface area contributed by atoms with Gasteiger partial charge in [-0.2, -0.15) is 0 Å². The summed E-state index contributed by atoms with van der Waals surface area (Å²) < 4.78 is 30.5. The van der Waals surface area contributed by atoms with Crippen LogP contribution >= 0.6 is 7.82 Å². The molecule has 2 atom stereocenters. The summed E-state index contributed by atoms with van der Waals surface area (Å²) in [5.74, 6) is -1.35. The maximum atomic E-state index is 11.7. The number of phosphoric acid groups is 1. The van der Waals surface area contributed by atoms with Crippen LogP contribution < -0.4 is 0 Å². The molecule has 0 radical (unpaired) electrons. The van der Waals surface area contributed by atoms with Crippen LogP contribution in [0.15, 0.2) is 25.3 Å². The first-order valence-corrected chi connectivity index (χ1v) is 7.47. The second kappa shape index (κ2) is 9.46. The van der Waals surface area contributed by atoms with Crippen molar-refractivity contribution in [2.75, 3.05) is 13.2 Å². The van der Waals surface area contributed by atoms with E-state index >= 15 is 0 Å². The van der Waals surface area contributed by atoms with Gasteiger partial charge in [0, 0.05) is 12.2 Å². The molecule has 0 aliphatic heterocycles. The van der Waals surface area contributed by atoms with Gasteiger partial charge >= 0.3 is 19.8 Å². The van der Waals surface area contributed by atoms with E-state index in [2.05, 4.69) is 22.6 Å². The maximum Gasteiger partial charge on any atom is 0.472 e. The summed E-state index contributed by atoms with van der Waals surface area (Å²) in [6, 6.07) is 0. The van der Waals surface area contributed by atoms with E-state index in [1.807, 2.05) is 0 Å². The summed E-state index contributed by atoms with van der Waals surface area (Å²) in [7, 11) is -4.38. The van der Waals surface area contributed by atoms with Gasteiger partial charge in [0.25, 0.3) is 0 Å². The Labute approximate surface area is 122 Å². The molecule has 8 nitrogen and oxygen atoms in total. The van der Waals surface area contributed by atoms with Crippen molar-refractivity contribution in [3.05, 3.63) is 25.3 Å². The molecule has 0 fully saturated rings. The second-order valence-corrected chi connectivity index (χ2v) is 5.33. The molecule has 0 spiro atoms. The first-order chi connectivity index (χ1) is 9.70. The van der Waals surface area contributed by atoms with Gasteiger partial charge in [-0.05, 0) is 13.8 Å². The van der Waals surface area contributed by atoms with Gasteiger partial charge in [0.05, 0.1) is 0 Å². The van der Waals surface area contributed by atoms with Gasteiger partial charge in [-0.25, -0.2) is 14.2 Å². The molecule has 9 heteroatoms. The third-order valence-electron chi connectivity index (χ3n) is 1.88. The van der Waals surface area contributed by atoms with Crippen LogP contribution in [0.2, 0.25) is 0 Å². The summed E-state index contributed by atoms with van der Waals surface area (Å²) in [5, 5.41) is 0. The first-order valence-electron chi connectivity index (χ1n) is 5.98. The van der Waals surface area contributed by atoms with Crippen LogP contribution in [-0.4, -0.2) is 42.3 Å². The molecule has 0 amide bonds. The fourth-order valence-corrected chi connectivity index (χ4v) is 2.14. The molecule has 120 valence electrons. The van der Waals surface area contributed by atoms with Gasteiger partial charge in [-0.15, -0.1) is 0 Å². The van der Waals surface area contributed by atoms with Crippen LogP contribution in [0.3, 0.4) is 0 Å². The lowest BCUT2D eigenvalue weighted by Gasteiger charge is -2.20. The minimum atomic E-state index is -4.38. The van der Waals surface area contributed by atoms with E-state index in [0.717, 1.165) is 12.2 Å². The molecule has 0 aromatic carbocycles. The molecule has 0 rings (SSSR count). The van der Waals surface area contributed by atoms with Crippen molar-refractivity contribution in [2.24, 2.45) is 0 Å². The van der Waals surface area contributed by atoms with Crippen molar-refractivity contribution >= 4 is 19.8 Å². The van der Waals surface area contributed by atoms with E-state index in [1.54, 1.807) is 0 Å². The van der Waals surface area contributed by atoms with Crippen LogP contribution in [0.1, 0.15) is 13.8 Å². The van der Waals surface area contributed by atoms with Gasteiger partial charge in [0.15, 0.2) is 0 Å². The fraction of sp³-hybridized carbons (Fsp3) is 0.500. The van der Waals surface area contributed by atoms with Gasteiger partial charge in [-0.1, -0.05) is 13.2 Å². The Balaban J connectivity index is 4.19. The second-order valence-electron chi connectivity index (χ2n) is 3.97. The number of phosphoric ester groups is 1. The Morgan fingerprint density at radius 1 is 1.05 bits per heavy atom. The number of hydrogen-bond acceptors (Lipinski definition) is 7. The molecule has 21 heavy (non-hydrogen) atoms. The van der Waals surface area contributed by atoms with E-state index in [4.69, 9.17) is 9.05 Å². The van der Waals surface area contributed by atoms with Gasteiger partial charge in [0.2, 0.25) is 0 Å². The first kappa shape index (κ1) is 19.5. The zero-order chi connectivity index (χ0) is 16.5. The van der Waals surface area contributed by atoms with E-state index in [0.29, 0.717) is 0 Å². The highest BCUT2D eigenvalue weighted by molar-refractivity contribution is 7.47. The van der Waals surface area contributed by atoms with E-state index in [-0.39, 0.29) is 13.2 Å². The molecule has 0 bridgehead atoms. The topological polar surface area (TPSA) is 108 Å². The van der Waals surface area contributed by atoms with E-state index < -0.39 is 32.0 Å². The zero-order valence-corrected chi connectivity index (χ0v) is 12.8. The van der Waals surface area contributed by atoms with Crippen LogP contribution in [0.25, 0.3) is 0 Å². The molecule has 1 N–H and O–H groups in total. The van der Waals surface area contributed by atoms with Crippen LogP contribution in [0.4, 0.5) is 0 Å². The van der Waals surface area contributed by atoms with Gasteiger partial charge in [-0.3, -0.25) is 9.05 Å². The largest absolute Gasteiger partial charge is 0.472 e. The van der Waals surface area contributed by atoms with Gasteiger partial charge < -0.3 is 14.4 Å². The molecular weight excluding hydrogens is 303 g/mol. The Morgan fingerprint density at radius 3 is 1.67 bits per heavy atom. The van der Waals surface area contributed by atoms with Crippen molar-refractivity contribution < 1.29 is 37.6 Å². The van der Waals surface area contributed by atoms with Crippen LogP contribution in [0, 0.1) is 0 Å². The summed E-state index contributed by atoms with van der Waals surface area (Å²) >= 11 is 0. The van der Waals surface area contributed by atoms with Crippen molar-refractivity contribution in [1.82, 2.24) is 0 Å². The molecule has 0 aliphatic rings. The Hall–Kier alpha value is -1.47. The number of ether oxygens (including phenoxy) is 2. The molecule has 0 aliphatic carbocycles. The average Bonchev–Trinajstić information content (AvgIpc) is 2.40. The van der Waals surface area contributed by atoms with Gasteiger partial charge in [0.1, 0.15) is 25.4 Å². The zero-order valence-electron chi connectivity index (χ0n) is 11.9. The smallest absolute Gasteiger partial charge is 0.460 e. The summed E-state index contributed by atoms with van der Waals surface area (Å²) in [6.07, 6.45) is 0.176. The lowest BCUT2D eigenvalue weighted by atomic mass is 10.4. The summed E-state index contributed by atoms with van der Waals surface area (Å²) in [5.41, 5.74) is 0. The van der Waals surface area contributed by atoms with Crippen molar-refractivity contribution in [3.63, 3.8) is 0 Å². The third kappa shape index (κ3) is 9.97. The molecule has 0 heterocycles. The van der Waals surface area contributed by atoms with E-state index in [1.165, 1.54) is 13.8 Å². The van der Waals surface area contributed by atoms with Crippen LogP contribution in [0.5, 0.6) is 0 Å². The number of esters is 2.